The Kier molecular flexibility index (Phi) is 4.29. The number of ether oxygens (including phenoxy) is 1. The standard InChI is InChI=1S/C11H21N3O/c1-11(2,15-4)6-5-9(12-3)10-13-7-8-14-10/h7-9,12H,5-6H2,1-4H3,(H,13,14). The zero-order valence-corrected chi connectivity index (χ0v) is 10.0. The molecule has 0 aliphatic heterocycles. The SMILES string of the molecule is CNC(CCC(C)(C)OC)c1ncc[nH]1. The van der Waals surface area contributed by atoms with Crippen LogP contribution in [0.4, 0.5) is 0 Å². The number of nitrogens with one attached hydrogen (secondary N) is 2. The number of aromatic amines is 1. The first-order chi connectivity index (χ1) is 7.09. The summed E-state index contributed by atoms with van der Waals surface area (Å²) in [6.07, 6.45) is 5.63. The summed E-state index contributed by atoms with van der Waals surface area (Å²) in [5, 5.41) is 3.25. The van der Waals surface area contributed by atoms with Gasteiger partial charge in [0.2, 0.25) is 0 Å². The molecular formula is C11H21N3O. The third-order valence-corrected chi connectivity index (χ3v) is 2.79. The molecule has 0 aromatic carbocycles. The van der Waals surface area contributed by atoms with Crippen molar-refractivity contribution in [2.45, 2.75) is 38.3 Å². The fraction of sp³-hybridized carbons (Fsp3) is 0.727. The van der Waals surface area contributed by atoms with E-state index in [1.165, 1.54) is 0 Å². The average Bonchev–Trinajstić information content (AvgIpc) is 2.72. The molecule has 0 aliphatic rings. The number of methoxy groups -OCH3 is 1. The van der Waals surface area contributed by atoms with Crippen molar-refractivity contribution in [2.24, 2.45) is 0 Å². The van der Waals surface area contributed by atoms with Crippen LogP contribution in [0.2, 0.25) is 0 Å². The maximum absolute atomic E-state index is 5.39. The molecule has 0 spiro atoms. The van der Waals surface area contributed by atoms with Gasteiger partial charge in [-0.25, -0.2) is 4.98 Å². The van der Waals surface area contributed by atoms with Crippen LogP contribution in [0.15, 0.2) is 12.4 Å². The summed E-state index contributed by atoms with van der Waals surface area (Å²) in [5.41, 5.74) is -0.0678. The fourth-order valence-corrected chi connectivity index (χ4v) is 1.48. The summed E-state index contributed by atoms with van der Waals surface area (Å²) >= 11 is 0. The lowest BCUT2D eigenvalue weighted by molar-refractivity contribution is 0.0117. The Bertz CT molecular complexity index is 269. The van der Waals surface area contributed by atoms with Crippen molar-refractivity contribution in [1.82, 2.24) is 15.3 Å². The van der Waals surface area contributed by atoms with Gasteiger partial charge < -0.3 is 15.0 Å². The first-order valence-electron chi connectivity index (χ1n) is 5.31. The molecule has 15 heavy (non-hydrogen) atoms. The second-order valence-electron chi connectivity index (χ2n) is 4.32. The minimum Gasteiger partial charge on any atom is -0.379 e. The number of rotatable bonds is 6. The van der Waals surface area contributed by atoms with Gasteiger partial charge in [-0.2, -0.15) is 0 Å². The third-order valence-electron chi connectivity index (χ3n) is 2.79. The average molecular weight is 211 g/mol. The number of H-pyrrole nitrogens is 1. The summed E-state index contributed by atoms with van der Waals surface area (Å²) in [6.45, 7) is 4.20. The maximum Gasteiger partial charge on any atom is 0.123 e. The van der Waals surface area contributed by atoms with E-state index in [0.717, 1.165) is 18.7 Å². The van der Waals surface area contributed by atoms with E-state index in [4.69, 9.17) is 4.74 Å². The minimum absolute atomic E-state index is 0.0678. The summed E-state index contributed by atoms with van der Waals surface area (Å²) in [5.74, 6) is 0.990. The molecule has 1 aromatic heterocycles. The topological polar surface area (TPSA) is 49.9 Å². The number of imidazole rings is 1. The van der Waals surface area contributed by atoms with Crippen molar-refractivity contribution in [3.05, 3.63) is 18.2 Å². The van der Waals surface area contributed by atoms with Gasteiger partial charge in [-0.3, -0.25) is 0 Å². The lowest BCUT2D eigenvalue weighted by atomic mass is 9.98. The van der Waals surface area contributed by atoms with Crippen LogP contribution in [0, 0.1) is 0 Å². The van der Waals surface area contributed by atoms with E-state index in [1.54, 1.807) is 13.3 Å². The van der Waals surface area contributed by atoms with Crippen LogP contribution in [-0.2, 0) is 4.74 Å². The van der Waals surface area contributed by atoms with Crippen molar-refractivity contribution < 1.29 is 4.74 Å². The van der Waals surface area contributed by atoms with Gasteiger partial charge in [-0.1, -0.05) is 0 Å². The first kappa shape index (κ1) is 12.2. The number of aromatic nitrogens is 2. The third kappa shape index (κ3) is 3.64. The van der Waals surface area contributed by atoms with Crippen molar-refractivity contribution in [2.75, 3.05) is 14.2 Å². The Morgan fingerprint density at radius 2 is 2.33 bits per heavy atom. The molecule has 0 fully saturated rings. The van der Waals surface area contributed by atoms with Crippen LogP contribution in [0.25, 0.3) is 0 Å². The second kappa shape index (κ2) is 5.28. The molecule has 2 N–H and O–H groups in total. The number of hydrogen-bond donors (Lipinski definition) is 2. The highest BCUT2D eigenvalue weighted by atomic mass is 16.5. The summed E-state index contributed by atoms with van der Waals surface area (Å²) in [6, 6.07) is 0.273. The zero-order valence-electron chi connectivity index (χ0n) is 10.0. The molecule has 1 atom stereocenters. The molecule has 0 saturated heterocycles. The molecule has 0 aliphatic carbocycles. The maximum atomic E-state index is 5.39. The van der Waals surface area contributed by atoms with E-state index in [-0.39, 0.29) is 11.6 Å². The van der Waals surface area contributed by atoms with Crippen LogP contribution >= 0.6 is 0 Å². The monoisotopic (exact) mass is 211 g/mol. The van der Waals surface area contributed by atoms with Crippen molar-refractivity contribution in [3.8, 4) is 0 Å². The second-order valence-corrected chi connectivity index (χ2v) is 4.32. The van der Waals surface area contributed by atoms with Crippen LogP contribution in [-0.4, -0.2) is 29.7 Å². The molecule has 1 unspecified atom stereocenters. The van der Waals surface area contributed by atoms with Gasteiger partial charge in [0.1, 0.15) is 5.82 Å². The van der Waals surface area contributed by atoms with Crippen LogP contribution < -0.4 is 5.32 Å². The molecule has 0 saturated carbocycles. The Morgan fingerprint density at radius 3 is 2.80 bits per heavy atom. The zero-order chi connectivity index (χ0) is 11.3. The van der Waals surface area contributed by atoms with Gasteiger partial charge in [-0.15, -0.1) is 0 Å². The van der Waals surface area contributed by atoms with E-state index in [0.29, 0.717) is 0 Å². The van der Waals surface area contributed by atoms with Gasteiger partial charge in [0.05, 0.1) is 11.6 Å². The number of nitrogens with zero attached hydrogens (tertiary/aromatic N) is 1. The highest BCUT2D eigenvalue weighted by Crippen LogP contribution is 2.22. The van der Waals surface area contributed by atoms with E-state index in [1.807, 2.05) is 13.2 Å². The summed E-state index contributed by atoms with van der Waals surface area (Å²) in [4.78, 5) is 7.38. The van der Waals surface area contributed by atoms with Gasteiger partial charge in [0.15, 0.2) is 0 Å². The highest BCUT2D eigenvalue weighted by Gasteiger charge is 2.20. The fourth-order valence-electron chi connectivity index (χ4n) is 1.48. The molecule has 0 radical (unpaired) electrons. The van der Waals surface area contributed by atoms with Crippen LogP contribution in [0.5, 0.6) is 0 Å². The van der Waals surface area contributed by atoms with Crippen molar-refractivity contribution in [1.29, 1.82) is 0 Å². The lowest BCUT2D eigenvalue weighted by Crippen LogP contribution is -2.26. The van der Waals surface area contributed by atoms with Gasteiger partial charge in [0.25, 0.3) is 0 Å². The Hall–Kier alpha value is -0.870. The van der Waals surface area contributed by atoms with E-state index in [2.05, 4.69) is 29.1 Å². The Balaban J connectivity index is 2.49. The molecule has 1 aromatic rings. The summed E-state index contributed by atoms with van der Waals surface area (Å²) < 4.78 is 5.39. The number of hydrogen-bond acceptors (Lipinski definition) is 3. The van der Waals surface area contributed by atoms with Crippen molar-refractivity contribution >= 4 is 0 Å². The molecule has 1 rings (SSSR count). The predicted octanol–water partition coefficient (Wildman–Crippen LogP) is 1.88. The predicted molar refractivity (Wildman–Crippen MR) is 60.7 cm³/mol. The van der Waals surface area contributed by atoms with Crippen LogP contribution in [0.3, 0.4) is 0 Å². The summed E-state index contributed by atoms with van der Waals surface area (Å²) in [7, 11) is 3.70. The quantitative estimate of drug-likeness (QED) is 0.755. The minimum atomic E-state index is -0.0678. The molecule has 1 heterocycles. The molecular weight excluding hydrogens is 190 g/mol. The molecule has 0 bridgehead atoms. The van der Waals surface area contributed by atoms with Gasteiger partial charge in [0, 0.05) is 19.5 Å². The Labute approximate surface area is 91.4 Å². The van der Waals surface area contributed by atoms with E-state index in [9.17, 15) is 0 Å². The van der Waals surface area contributed by atoms with Gasteiger partial charge in [-0.05, 0) is 33.7 Å². The van der Waals surface area contributed by atoms with E-state index < -0.39 is 0 Å². The van der Waals surface area contributed by atoms with Crippen molar-refractivity contribution in [3.63, 3.8) is 0 Å². The lowest BCUT2D eigenvalue weighted by Gasteiger charge is -2.25. The smallest absolute Gasteiger partial charge is 0.123 e. The largest absolute Gasteiger partial charge is 0.379 e. The molecule has 0 amide bonds. The molecule has 4 nitrogen and oxygen atoms in total. The normalized spacial score (nSPS) is 14.1. The van der Waals surface area contributed by atoms with E-state index >= 15 is 0 Å². The highest BCUT2D eigenvalue weighted by molar-refractivity contribution is 4.95. The molecule has 4 heteroatoms. The van der Waals surface area contributed by atoms with Gasteiger partial charge >= 0.3 is 0 Å². The first-order valence-corrected chi connectivity index (χ1v) is 5.31. The Morgan fingerprint density at radius 1 is 1.60 bits per heavy atom. The molecule has 86 valence electrons. The van der Waals surface area contributed by atoms with Crippen LogP contribution in [0.1, 0.15) is 38.6 Å².